The molecule has 1 aromatic carbocycles. The SMILES string of the molecule is CN(C)S(=O)(=O)Nc1cccc(NC(=O)N2CCCCCCC2)c1. The van der Waals surface area contributed by atoms with Gasteiger partial charge in [-0.25, -0.2) is 4.79 Å². The maximum Gasteiger partial charge on any atom is 0.321 e. The third-order valence-electron chi connectivity index (χ3n) is 3.98. The molecule has 1 aliphatic rings. The summed E-state index contributed by atoms with van der Waals surface area (Å²) in [4.78, 5) is 14.2. The van der Waals surface area contributed by atoms with E-state index in [-0.39, 0.29) is 6.03 Å². The lowest BCUT2D eigenvalue weighted by Crippen LogP contribution is -2.37. The van der Waals surface area contributed by atoms with E-state index in [2.05, 4.69) is 10.0 Å². The molecule has 134 valence electrons. The molecule has 2 N–H and O–H groups in total. The van der Waals surface area contributed by atoms with Crippen LogP contribution in [0.2, 0.25) is 0 Å². The predicted octanol–water partition coefficient (Wildman–Crippen LogP) is 2.70. The summed E-state index contributed by atoms with van der Waals surface area (Å²) in [5.41, 5.74) is 0.982. The predicted molar refractivity (Wildman–Crippen MR) is 96.3 cm³/mol. The van der Waals surface area contributed by atoms with Gasteiger partial charge in [-0.2, -0.15) is 12.7 Å². The number of carbonyl (C=O) groups is 1. The Morgan fingerprint density at radius 2 is 1.62 bits per heavy atom. The summed E-state index contributed by atoms with van der Waals surface area (Å²) in [5, 5.41) is 2.85. The van der Waals surface area contributed by atoms with Gasteiger partial charge in [-0.3, -0.25) is 4.72 Å². The molecule has 2 amide bonds. The molecule has 24 heavy (non-hydrogen) atoms. The van der Waals surface area contributed by atoms with Gasteiger partial charge in [-0.05, 0) is 31.0 Å². The van der Waals surface area contributed by atoms with Crippen LogP contribution in [0, 0.1) is 0 Å². The molecule has 0 spiro atoms. The van der Waals surface area contributed by atoms with Gasteiger partial charge in [0.15, 0.2) is 0 Å². The number of hydrogen-bond donors (Lipinski definition) is 2. The molecule has 0 bridgehead atoms. The average molecular weight is 354 g/mol. The van der Waals surface area contributed by atoms with Gasteiger partial charge in [-0.1, -0.05) is 25.3 Å². The van der Waals surface area contributed by atoms with Crippen LogP contribution in [0.25, 0.3) is 0 Å². The maximum absolute atomic E-state index is 12.4. The van der Waals surface area contributed by atoms with Crippen molar-refractivity contribution in [1.82, 2.24) is 9.21 Å². The van der Waals surface area contributed by atoms with Crippen molar-refractivity contribution in [3.63, 3.8) is 0 Å². The minimum atomic E-state index is -3.57. The number of rotatable bonds is 4. The van der Waals surface area contributed by atoms with E-state index in [1.54, 1.807) is 24.3 Å². The summed E-state index contributed by atoms with van der Waals surface area (Å²) in [6.45, 7) is 1.53. The van der Waals surface area contributed by atoms with E-state index in [0.29, 0.717) is 11.4 Å². The van der Waals surface area contributed by atoms with Crippen molar-refractivity contribution in [2.45, 2.75) is 32.1 Å². The second-order valence-corrected chi connectivity index (χ2v) is 8.04. The molecule has 7 nitrogen and oxygen atoms in total. The molecular formula is C16H26N4O3S. The average Bonchev–Trinajstić information content (AvgIpc) is 2.46. The Kier molecular flexibility index (Phi) is 6.44. The zero-order valence-corrected chi connectivity index (χ0v) is 15.1. The van der Waals surface area contributed by atoms with Gasteiger partial charge < -0.3 is 10.2 Å². The highest BCUT2D eigenvalue weighted by atomic mass is 32.2. The zero-order chi connectivity index (χ0) is 17.6. The first kappa shape index (κ1) is 18.5. The topological polar surface area (TPSA) is 81.8 Å². The normalized spacial score (nSPS) is 16.4. The largest absolute Gasteiger partial charge is 0.325 e. The lowest BCUT2D eigenvalue weighted by molar-refractivity contribution is 0.206. The number of benzene rings is 1. The third-order valence-corrected chi connectivity index (χ3v) is 5.44. The molecule has 0 aliphatic carbocycles. The molecule has 0 unspecified atom stereocenters. The Hall–Kier alpha value is -1.80. The highest BCUT2D eigenvalue weighted by Gasteiger charge is 2.16. The number of carbonyl (C=O) groups excluding carboxylic acids is 1. The number of amides is 2. The molecule has 1 fully saturated rings. The van der Waals surface area contributed by atoms with Crippen molar-refractivity contribution in [1.29, 1.82) is 0 Å². The quantitative estimate of drug-likeness (QED) is 0.872. The second-order valence-electron chi connectivity index (χ2n) is 6.16. The summed E-state index contributed by atoms with van der Waals surface area (Å²) in [6, 6.07) is 6.58. The molecule has 8 heteroatoms. The van der Waals surface area contributed by atoms with Crippen LogP contribution in [-0.2, 0) is 10.2 Å². The fourth-order valence-electron chi connectivity index (χ4n) is 2.55. The van der Waals surface area contributed by atoms with Crippen LogP contribution < -0.4 is 10.0 Å². The van der Waals surface area contributed by atoms with E-state index in [4.69, 9.17) is 0 Å². The monoisotopic (exact) mass is 354 g/mol. The van der Waals surface area contributed by atoms with Gasteiger partial charge >= 0.3 is 16.2 Å². The molecular weight excluding hydrogens is 328 g/mol. The number of urea groups is 1. The van der Waals surface area contributed by atoms with Gasteiger partial charge in [0.2, 0.25) is 0 Å². The van der Waals surface area contributed by atoms with Crippen molar-refractivity contribution in [2.24, 2.45) is 0 Å². The van der Waals surface area contributed by atoms with Crippen LogP contribution in [-0.4, -0.2) is 50.8 Å². The van der Waals surface area contributed by atoms with Crippen molar-refractivity contribution in [2.75, 3.05) is 37.2 Å². The molecule has 1 aliphatic heterocycles. The van der Waals surface area contributed by atoms with Crippen molar-refractivity contribution in [3.8, 4) is 0 Å². The summed E-state index contributed by atoms with van der Waals surface area (Å²) < 4.78 is 27.3. The third kappa shape index (κ3) is 5.38. The zero-order valence-electron chi connectivity index (χ0n) is 14.3. The van der Waals surface area contributed by atoms with E-state index in [1.165, 1.54) is 20.5 Å². The van der Waals surface area contributed by atoms with Crippen LogP contribution in [0.3, 0.4) is 0 Å². The summed E-state index contributed by atoms with van der Waals surface area (Å²) in [6.07, 6.45) is 5.60. The van der Waals surface area contributed by atoms with Gasteiger partial charge in [-0.15, -0.1) is 0 Å². The highest BCUT2D eigenvalue weighted by molar-refractivity contribution is 7.90. The lowest BCUT2D eigenvalue weighted by Gasteiger charge is -2.25. The molecule has 1 saturated heterocycles. The van der Waals surface area contributed by atoms with Gasteiger partial charge in [0.05, 0.1) is 5.69 Å². The van der Waals surface area contributed by atoms with E-state index in [1.807, 2.05) is 4.90 Å². The number of nitrogens with zero attached hydrogens (tertiary/aromatic N) is 2. The molecule has 0 aromatic heterocycles. The van der Waals surface area contributed by atoms with E-state index in [9.17, 15) is 13.2 Å². The van der Waals surface area contributed by atoms with Crippen molar-refractivity contribution in [3.05, 3.63) is 24.3 Å². The molecule has 0 radical (unpaired) electrons. The fraction of sp³-hybridized carbons (Fsp3) is 0.562. The van der Waals surface area contributed by atoms with Crippen LogP contribution in [0.15, 0.2) is 24.3 Å². The maximum atomic E-state index is 12.4. The summed E-state index contributed by atoms with van der Waals surface area (Å²) in [5.74, 6) is 0. The first-order chi connectivity index (χ1) is 11.4. The first-order valence-corrected chi connectivity index (χ1v) is 9.69. The van der Waals surface area contributed by atoms with Crippen LogP contribution in [0.4, 0.5) is 16.2 Å². The Bertz CT molecular complexity index is 653. The van der Waals surface area contributed by atoms with Gasteiger partial charge in [0, 0.05) is 32.9 Å². The number of anilines is 2. The minimum Gasteiger partial charge on any atom is -0.325 e. The number of hydrogen-bond acceptors (Lipinski definition) is 3. The molecule has 1 aromatic rings. The van der Waals surface area contributed by atoms with E-state index < -0.39 is 10.2 Å². The highest BCUT2D eigenvalue weighted by Crippen LogP contribution is 2.18. The minimum absolute atomic E-state index is 0.135. The Morgan fingerprint density at radius 3 is 2.25 bits per heavy atom. The summed E-state index contributed by atoms with van der Waals surface area (Å²) >= 11 is 0. The first-order valence-electron chi connectivity index (χ1n) is 8.25. The van der Waals surface area contributed by atoms with Crippen molar-refractivity contribution >= 4 is 27.6 Å². The van der Waals surface area contributed by atoms with Gasteiger partial charge in [0.25, 0.3) is 0 Å². The van der Waals surface area contributed by atoms with Crippen LogP contribution in [0.1, 0.15) is 32.1 Å². The van der Waals surface area contributed by atoms with Gasteiger partial charge in [0.1, 0.15) is 0 Å². The molecule has 1 heterocycles. The lowest BCUT2D eigenvalue weighted by atomic mass is 10.1. The number of nitrogens with one attached hydrogen (secondary N) is 2. The fourth-order valence-corrected chi connectivity index (χ4v) is 3.16. The molecule has 0 saturated carbocycles. The Labute approximate surface area is 144 Å². The van der Waals surface area contributed by atoms with E-state index >= 15 is 0 Å². The van der Waals surface area contributed by atoms with Crippen LogP contribution >= 0.6 is 0 Å². The summed E-state index contributed by atoms with van der Waals surface area (Å²) in [7, 11) is -0.657. The standard InChI is InChI=1S/C16H26N4O3S/c1-19(2)24(22,23)18-15-10-8-9-14(13-15)17-16(21)20-11-6-4-3-5-7-12-20/h8-10,13,18H,3-7,11-12H2,1-2H3,(H,17,21). The van der Waals surface area contributed by atoms with Crippen molar-refractivity contribution < 1.29 is 13.2 Å². The van der Waals surface area contributed by atoms with Crippen LogP contribution in [0.5, 0.6) is 0 Å². The molecule has 0 atom stereocenters. The second kappa shape index (κ2) is 8.34. The smallest absolute Gasteiger partial charge is 0.321 e. The Balaban J connectivity index is 2.01. The Morgan fingerprint density at radius 1 is 1.04 bits per heavy atom. The van der Waals surface area contributed by atoms with E-state index in [0.717, 1.165) is 43.1 Å². The molecule has 2 rings (SSSR count). The number of likely N-dealkylation sites (tertiary alicyclic amines) is 1.